The third-order valence-electron chi connectivity index (χ3n) is 7.59. The molecule has 1 aromatic rings. The minimum Gasteiger partial charge on any atom is -0.0654 e. The van der Waals surface area contributed by atoms with Crippen LogP contribution in [-0.4, -0.2) is 0 Å². The molecule has 0 aliphatic rings. The molecule has 0 aliphatic heterocycles. The van der Waals surface area contributed by atoms with Crippen molar-refractivity contribution in [3.05, 3.63) is 35.9 Å². The Labute approximate surface area is 190 Å². The van der Waals surface area contributed by atoms with E-state index >= 15 is 0 Å². The molecule has 0 amide bonds. The van der Waals surface area contributed by atoms with Gasteiger partial charge in [0.15, 0.2) is 0 Å². The van der Waals surface area contributed by atoms with E-state index in [2.05, 4.69) is 65.0 Å². The van der Waals surface area contributed by atoms with Gasteiger partial charge in [-0.05, 0) is 42.1 Å². The van der Waals surface area contributed by atoms with Crippen molar-refractivity contribution in [3.8, 4) is 0 Å². The van der Waals surface area contributed by atoms with E-state index in [0.29, 0.717) is 5.41 Å². The van der Waals surface area contributed by atoms with E-state index in [0.717, 1.165) is 11.8 Å². The lowest BCUT2D eigenvalue weighted by molar-refractivity contribution is 0.208. The lowest BCUT2D eigenvalue weighted by Gasteiger charge is -2.40. The summed E-state index contributed by atoms with van der Waals surface area (Å²) < 4.78 is 0. The number of hydrogen-bond donors (Lipinski definition) is 0. The third kappa shape index (κ3) is 10.0. The summed E-state index contributed by atoms with van der Waals surface area (Å²) in [5.74, 6) is 1.76. The van der Waals surface area contributed by atoms with Crippen LogP contribution in [0, 0.1) is 11.8 Å². The Balaban J connectivity index is 3.15. The number of benzene rings is 1. The molecule has 174 valence electrons. The van der Waals surface area contributed by atoms with E-state index in [4.69, 9.17) is 0 Å². The highest BCUT2D eigenvalue weighted by molar-refractivity contribution is 5.26. The highest BCUT2D eigenvalue weighted by Gasteiger charge is 2.35. The molecule has 0 saturated carbocycles. The van der Waals surface area contributed by atoms with Crippen LogP contribution in [0.3, 0.4) is 0 Å². The summed E-state index contributed by atoms with van der Waals surface area (Å²) in [6.07, 6.45) is 22.2. The second kappa shape index (κ2) is 16.9. The van der Waals surface area contributed by atoms with E-state index in [1.54, 1.807) is 5.56 Å². The van der Waals surface area contributed by atoms with Crippen molar-refractivity contribution in [1.82, 2.24) is 0 Å². The van der Waals surface area contributed by atoms with E-state index in [1.807, 2.05) is 0 Å². The highest BCUT2D eigenvalue weighted by atomic mass is 14.4. The van der Waals surface area contributed by atoms with Crippen LogP contribution in [-0.2, 0) is 5.41 Å². The topological polar surface area (TPSA) is 0 Å². The lowest BCUT2D eigenvalue weighted by atomic mass is 9.64. The molecule has 0 radical (unpaired) electrons. The van der Waals surface area contributed by atoms with E-state index in [-0.39, 0.29) is 0 Å². The van der Waals surface area contributed by atoms with Gasteiger partial charge in [0.05, 0.1) is 0 Å². The van der Waals surface area contributed by atoms with Crippen LogP contribution < -0.4 is 0 Å². The molecular weight excluding hydrogens is 360 g/mol. The zero-order chi connectivity index (χ0) is 22.1. The van der Waals surface area contributed by atoms with Crippen molar-refractivity contribution in [1.29, 1.82) is 0 Å². The maximum absolute atomic E-state index is 2.46. The predicted molar refractivity (Wildman–Crippen MR) is 137 cm³/mol. The quantitative estimate of drug-likeness (QED) is 0.197. The molecule has 0 spiro atoms. The molecule has 2 unspecified atom stereocenters. The van der Waals surface area contributed by atoms with Crippen molar-refractivity contribution in [3.63, 3.8) is 0 Å². The summed E-state index contributed by atoms with van der Waals surface area (Å²) in [5, 5.41) is 0. The highest BCUT2D eigenvalue weighted by Crippen LogP contribution is 2.45. The second-order valence-corrected chi connectivity index (χ2v) is 10.1. The second-order valence-electron chi connectivity index (χ2n) is 10.1. The molecule has 30 heavy (non-hydrogen) atoms. The molecule has 0 N–H and O–H groups in total. The molecule has 0 heterocycles. The first-order valence-electron chi connectivity index (χ1n) is 13.7. The molecule has 0 saturated heterocycles. The minimum absolute atomic E-state index is 0.385. The minimum atomic E-state index is 0.385. The van der Waals surface area contributed by atoms with Gasteiger partial charge < -0.3 is 0 Å². The maximum atomic E-state index is 2.46. The van der Waals surface area contributed by atoms with Gasteiger partial charge >= 0.3 is 0 Å². The average Bonchev–Trinajstić information content (AvgIpc) is 2.79. The van der Waals surface area contributed by atoms with Gasteiger partial charge in [-0.15, -0.1) is 0 Å². The Kier molecular flexibility index (Phi) is 15.3. The summed E-state index contributed by atoms with van der Waals surface area (Å²) in [5.41, 5.74) is 2.03. The molecule has 0 bridgehead atoms. The summed E-state index contributed by atoms with van der Waals surface area (Å²) in [4.78, 5) is 0. The van der Waals surface area contributed by atoms with Gasteiger partial charge in [-0.2, -0.15) is 0 Å². The van der Waals surface area contributed by atoms with Crippen LogP contribution in [0.1, 0.15) is 143 Å². The van der Waals surface area contributed by atoms with Crippen LogP contribution >= 0.6 is 0 Å². The summed E-state index contributed by atoms with van der Waals surface area (Å²) in [6, 6.07) is 11.7. The third-order valence-corrected chi connectivity index (χ3v) is 7.59. The first-order valence-corrected chi connectivity index (χ1v) is 13.7. The van der Waals surface area contributed by atoms with Gasteiger partial charge in [-0.1, -0.05) is 148 Å². The van der Waals surface area contributed by atoms with Crippen LogP contribution in [0.15, 0.2) is 30.3 Å². The summed E-state index contributed by atoms with van der Waals surface area (Å²) in [6.45, 7) is 11.9. The van der Waals surface area contributed by atoms with Crippen molar-refractivity contribution in [2.45, 2.75) is 143 Å². The monoisotopic (exact) mass is 414 g/mol. The van der Waals surface area contributed by atoms with E-state index in [9.17, 15) is 0 Å². The Morgan fingerprint density at radius 1 is 0.600 bits per heavy atom. The van der Waals surface area contributed by atoms with Crippen LogP contribution in [0.25, 0.3) is 0 Å². The van der Waals surface area contributed by atoms with E-state index < -0.39 is 0 Å². The molecule has 1 aromatic carbocycles. The van der Waals surface area contributed by atoms with Crippen molar-refractivity contribution >= 4 is 0 Å². The van der Waals surface area contributed by atoms with Crippen molar-refractivity contribution < 1.29 is 0 Å². The van der Waals surface area contributed by atoms with Gasteiger partial charge in [0.2, 0.25) is 0 Å². The zero-order valence-corrected chi connectivity index (χ0v) is 21.4. The summed E-state index contributed by atoms with van der Waals surface area (Å²) >= 11 is 0. The van der Waals surface area contributed by atoms with Gasteiger partial charge in [-0.25, -0.2) is 0 Å². The first-order chi connectivity index (χ1) is 14.7. The van der Waals surface area contributed by atoms with Crippen LogP contribution in [0.5, 0.6) is 0 Å². The molecule has 2 atom stereocenters. The summed E-state index contributed by atoms with van der Waals surface area (Å²) in [7, 11) is 0. The fraction of sp³-hybridized carbons (Fsp3) is 0.800. The van der Waals surface area contributed by atoms with Crippen LogP contribution in [0.2, 0.25) is 0 Å². The fourth-order valence-corrected chi connectivity index (χ4v) is 5.52. The number of unbranched alkanes of at least 4 members (excludes halogenated alkanes) is 6. The molecule has 0 nitrogen and oxygen atoms in total. The molecule has 0 fully saturated rings. The van der Waals surface area contributed by atoms with Crippen LogP contribution in [0.4, 0.5) is 0 Å². The lowest BCUT2D eigenvalue weighted by Crippen LogP contribution is -2.32. The number of rotatable bonds is 19. The largest absolute Gasteiger partial charge is 0.0654 e. The molecular formula is C30H54. The van der Waals surface area contributed by atoms with Gasteiger partial charge in [0.25, 0.3) is 0 Å². The Bertz CT molecular complexity index is 470. The first kappa shape index (κ1) is 27.3. The maximum Gasteiger partial charge on any atom is -0.00417 e. The molecule has 0 aliphatic carbocycles. The van der Waals surface area contributed by atoms with Crippen molar-refractivity contribution in [2.24, 2.45) is 11.8 Å². The zero-order valence-electron chi connectivity index (χ0n) is 21.4. The molecule has 0 heteroatoms. The van der Waals surface area contributed by atoms with Gasteiger partial charge in [0, 0.05) is 0 Å². The van der Waals surface area contributed by atoms with E-state index in [1.165, 1.54) is 103 Å². The Morgan fingerprint density at radius 2 is 1.10 bits per heavy atom. The predicted octanol–water partition coefficient (Wildman–Crippen LogP) is 10.5. The molecule has 0 aromatic heterocycles. The normalized spacial score (nSPS) is 15.6. The number of hydrogen-bond acceptors (Lipinski definition) is 0. The standard InChI is InChI=1S/C30H54/c1-6-11-14-15-19-24-30(29-22-17-16-18-23-29,25-27(9-4)20-12-7-2)26-28(10-5)21-13-8-3/h16-18,22-23,27-28H,6-15,19-21,24-26H2,1-5H3. The molecule has 1 rings (SSSR count). The average molecular weight is 415 g/mol. The fourth-order valence-electron chi connectivity index (χ4n) is 5.52. The van der Waals surface area contributed by atoms with Gasteiger partial charge in [-0.3, -0.25) is 0 Å². The SMILES string of the molecule is CCCCCCCC(CC(CC)CCCC)(CC(CC)CCCC)c1ccccc1. The van der Waals surface area contributed by atoms with Crippen molar-refractivity contribution in [2.75, 3.05) is 0 Å². The Hall–Kier alpha value is -0.780. The Morgan fingerprint density at radius 3 is 1.57 bits per heavy atom. The van der Waals surface area contributed by atoms with Gasteiger partial charge in [0.1, 0.15) is 0 Å². The smallest absolute Gasteiger partial charge is 0.00417 e.